The molecule has 0 aliphatic heterocycles. The Kier molecular flexibility index (Phi) is 3.49. The molecular formula is C16H18O4. The smallest absolute Gasteiger partial charge is 0.125 e. The molecule has 0 unspecified atom stereocenters. The molecule has 0 aliphatic rings. The van der Waals surface area contributed by atoms with Gasteiger partial charge in [-0.25, -0.2) is 0 Å². The third-order valence-corrected chi connectivity index (χ3v) is 3.80. The van der Waals surface area contributed by atoms with Crippen LogP contribution in [0.5, 0.6) is 23.0 Å². The second-order valence-corrected chi connectivity index (χ2v) is 5.02. The first-order chi connectivity index (χ1) is 9.34. The lowest BCUT2D eigenvalue weighted by Gasteiger charge is -2.18. The quantitative estimate of drug-likeness (QED) is 0.677. The molecule has 0 saturated heterocycles. The van der Waals surface area contributed by atoms with Gasteiger partial charge in [0.1, 0.15) is 23.0 Å². The van der Waals surface area contributed by atoms with E-state index in [-0.39, 0.29) is 28.9 Å². The molecule has 0 amide bonds. The van der Waals surface area contributed by atoms with Crippen molar-refractivity contribution in [3.05, 3.63) is 46.5 Å². The van der Waals surface area contributed by atoms with Crippen LogP contribution in [0.4, 0.5) is 0 Å². The number of rotatable bonds is 2. The Balaban J connectivity index is 2.55. The van der Waals surface area contributed by atoms with E-state index in [9.17, 15) is 20.4 Å². The van der Waals surface area contributed by atoms with E-state index in [2.05, 4.69) is 0 Å². The third-order valence-electron chi connectivity index (χ3n) is 3.80. The van der Waals surface area contributed by atoms with Crippen LogP contribution < -0.4 is 0 Å². The van der Waals surface area contributed by atoms with Gasteiger partial charge in [-0.1, -0.05) is 19.1 Å². The van der Waals surface area contributed by atoms with E-state index in [1.165, 1.54) is 12.1 Å². The van der Waals surface area contributed by atoms with Gasteiger partial charge in [0, 0.05) is 28.2 Å². The molecule has 4 N–H and O–H groups in total. The molecule has 2 aromatic carbocycles. The molecule has 0 heterocycles. The molecule has 106 valence electrons. The highest BCUT2D eigenvalue weighted by molar-refractivity contribution is 5.55. The van der Waals surface area contributed by atoms with Crippen molar-refractivity contribution in [3.63, 3.8) is 0 Å². The van der Waals surface area contributed by atoms with Crippen LogP contribution in [-0.4, -0.2) is 20.4 Å². The maximum Gasteiger partial charge on any atom is 0.125 e. The summed E-state index contributed by atoms with van der Waals surface area (Å²) in [5.74, 6) is -0.173. The molecule has 4 heteroatoms. The highest BCUT2D eigenvalue weighted by Crippen LogP contribution is 2.41. The maximum atomic E-state index is 10.1. The van der Waals surface area contributed by atoms with Crippen LogP contribution >= 0.6 is 0 Å². The fourth-order valence-corrected chi connectivity index (χ4v) is 2.29. The van der Waals surface area contributed by atoms with Crippen molar-refractivity contribution < 1.29 is 20.4 Å². The number of phenolic OH excluding ortho intramolecular Hbond substituents is 4. The van der Waals surface area contributed by atoms with Gasteiger partial charge in [0.2, 0.25) is 0 Å². The summed E-state index contributed by atoms with van der Waals surface area (Å²) in [5.41, 5.74) is 2.04. The summed E-state index contributed by atoms with van der Waals surface area (Å²) < 4.78 is 0. The van der Waals surface area contributed by atoms with Gasteiger partial charge in [-0.05, 0) is 26.0 Å². The molecule has 0 fully saturated rings. The minimum absolute atomic E-state index is 0.0163. The molecule has 0 atom stereocenters. The molecular weight excluding hydrogens is 256 g/mol. The standard InChI is InChI=1S/C16H18O4/c1-8(11-4-6-13(17)9(2)15(11)19)12-5-7-14(18)10(3)16(12)20/h4-8,17-20H,1-3H3. The molecule has 4 nitrogen and oxygen atoms in total. The molecule has 2 rings (SSSR count). The van der Waals surface area contributed by atoms with Gasteiger partial charge in [0.05, 0.1) is 0 Å². The number of phenols is 4. The van der Waals surface area contributed by atoms with Crippen molar-refractivity contribution in [1.82, 2.24) is 0 Å². The van der Waals surface area contributed by atoms with E-state index < -0.39 is 0 Å². The highest BCUT2D eigenvalue weighted by atomic mass is 16.3. The van der Waals surface area contributed by atoms with Crippen LogP contribution in [0, 0.1) is 13.8 Å². The second kappa shape index (κ2) is 4.96. The summed E-state index contributed by atoms with van der Waals surface area (Å²) in [4.78, 5) is 0. The van der Waals surface area contributed by atoms with Crippen LogP contribution in [0.15, 0.2) is 24.3 Å². The maximum absolute atomic E-state index is 10.1. The summed E-state index contributed by atoms with van der Waals surface area (Å²) in [6, 6.07) is 6.30. The van der Waals surface area contributed by atoms with Crippen LogP contribution in [0.2, 0.25) is 0 Å². The first-order valence-corrected chi connectivity index (χ1v) is 6.37. The number of aromatic hydroxyl groups is 4. The second-order valence-electron chi connectivity index (χ2n) is 5.02. The van der Waals surface area contributed by atoms with Gasteiger partial charge in [0.25, 0.3) is 0 Å². The van der Waals surface area contributed by atoms with Crippen LogP contribution in [0.3, 0.4) is 0 Å². The molecule has 2 aromatic rings. The lowest BCUT2D eigenvalue weighted by molar-refractivity contribution is 0.431. The van der Waals surface area contributed by atoms with Crippen molar-refractivity contribution in [2.24, 2.45) is 0 Å². The van der Waals surface area contributed by atoms with Gasteiger partial charge in [0.15, 0.2) is 0 Å². The average Bonchev–Trinajstić information content (AvgIpc) is 2.42. The van der Waals surface area contributed by atoms with Crippen LogP contribution in [-0.2, 0) is 0 Å². The number of hydrogen-bond acceptors (Lipinski definition) is 4. The molecule has 0 aromatic heterocycles. The van der Waals surface area contributed by atoms with Crippen molar-refractivity contribution in [2.75, 3.05) is 0 Å². The van der Waals surface area contributed by atoms with E-state index in [1.54, 1.807) is 26.0 Å². The Morgan fingerprint density at radius 3 is 1.40 bits per heavy atom. The first-order valence-electron chi connectivity index (χ1n) is 6.37. The van der Waals surface area contributed by atoms with E-state index in [0.29, 0.717) is 22.3 Å². The highest BCUT2D eigenvalue weighted by Gasteiger charge is 2.20. The molecule has 0 radical (unpaired) electrons. The van der Waals surface area contributed by atoms with E-state index in [0.717, 1.165) is 0 Å². The third kappa shape index (κ3) is 2.13. The van der Waals surface area contributed by atoms with Gasteiger partial charge in [-0.15, -0.1) is 0 Å². The van der Waals surface area contributed by atoms with Crippen molar-refractivity contribution in [3.8, 4) is 23.0 Å². The fourth-order valence-electron chi connectivity index (χ4n) is 2.29. The summed E-state index contributed by atoms with van der Waals surface area (Å²) in [7, 11) is 0. The van der Waals surface area contributed by atoms with E-state index >= 15 is 0 Å². The lowest BCUT2D eigenvalue weighted by atomic mass is 9.89. The van der Waals surface area contributed by atoms with Gasteiger partial charge in [-0.3, -0.25) is 0 Å². The number of hydrogen-bond donors (Lipinski definition) is 4. The zero-order valence-electron chi connectivity index (χ0n) is 11.7. The van der Waals surface area contributed by atoms with E-state index in [1.807, 2.05) is 6.92 Å². The average molecular weight is 274 g/mol. The normalized spacial score (nSPS) is 11.0. The van der Waals surface area contributed by atoms with Crippen LogP contribution in [0.1, 0.15) is 35.1 Å². The predicted molar refractivity (Wildman–Crippen MR) is 76.5 cm³/mol. The summed E-state index contributed by atoms with van der Waals surface area (Å²) >= 11 is 0. The van der Waals surface area contributed by atoms with Gasteiger partial charge >= 0.3 is 0 Å². The minimum atomic E-state index is -0.270. The first kappa shape index (κ1) is 14.1. The topological polar surface area (TPSA) is 80.9 Å². The minimum Gasteiger partial charge on any atom is -0.508 e. The number of benzene rings is 2. The molecule has 0 aliphatic carbocycles. The zero-order chi connectivity index (χ0) is 15.0. The Hall–Kier alpha value is -2.36. The van der Waals surface area contributed by atoms with E-state index in [4.69, 9.17) is 0 Å². The Bertz CT molecular complexity index is 605. The van der Waals surface area contributed by atoms with Crippen LogP contribution in [0.25, 0.3) is 0 Å². The molecule has 0 bridgehead atoms. The molecule has 20 heavy (non-hydrogen) atoms. The lowest BCUT2D eigenvalue weighted by Crippen LogP contribution is -1.99. The molecule has 0 saturated carbocycles. The van der Waals surface area contributed by atoms with Crippen molar-refractivity contribution in [2.45, 2.75) is 26.7 Å². The SMILES string of the molecule is Cc1c(O)ccc(C(C)c2ccc(O)c(C)c2O)c1O. The zero-order valence-corrected chi connectivity index (χ0v) is 11.7. The predicted octanol–water partition coefficient (Wildman–Crippen LogP) is 3.28. The monoisotopic (exact) mass is 274 g/mol. The Labute approximate surface area is 117 Å². The van der Waals surface area contributed by atoms with Crippen molar-refractivity contribution >= 4 is 0 Å². The van der Waals surface area contributed by atoms with Gasteiger partial charge < -0.3 is 20.4 Å². The van der Waals surface area contributed by atoms with Crippen molar-refractivity contribution in [1.29, 1.82) is 0 Å². The fraction of sp³-hybridized carbons (Fsp3) is 0.250. The summed E-state index contributed by atoms with van der Waals surface area (Å²) in [6.07, 6.45) is 0. The molecule has 0 spiro atoms. The Morgan fingerprint density at radius 2 is 1.05 bits per heavy atom. The summed E-state index contributed by atoms with van der Waals surface area (Å²) in [6.45, 7) is 5.10. The largest absolute Gasteiger partial charge is 0.508 e. The Morgan fingerprint density at radius 1 is 0.700 bits per heavy atom. The van der Waals surface area contributed by atoms with Gasteiger partial charge in [-0.2, -0.15) is 0 Å². The summed E-state index contributed by atoms with van der Waals surface area (Å²) in [5, 5.41) is 39.4.